The number of anilines is 1. The van der Waals surface area contributed by atoms with E-state index in [1.165, 1.54) is 25.3 Å². The zero-order valence-electron chi connectivity index (χ0n) is 20.9. The monoisotopic (exact) mass is 475 g/mol. The van der Waals surface area contributed by atoms with Gasteiger partial charge in [-0.1, -0.05) is 32.9 Å². The van der Waals surface area contributed by atoms with Gasteiger partial charge < -0.3 is 14.6 Å². The number of rotatable bonds is 6. The third-order valence-corrected chi connectivity index (χ3v) is 6.43. The minimum absolute atomic E-state index is 0.145. The quantitative estimate of drug-likeness (QED) is 0.579. The highest BCUT2D eigenvalue weighted by atomic mass is 19.3. The van der Waals surface area contributed by atoms with Crippen LogP contribution >= 0.6 is 0 Å². The molecule has 1 fully saturated rings. The van der Waals surface area contributed by atoms with Gasteiger partial charge in [0.15, 0.2) is 0 Å². The number of benzene rings is 1. The van der Waals surface area contributed by atoms with E-state index < -0.39 is 5.92 Å². The van der Waals surface area contributed by atoms with E-state index in [1.54, 1.807) is 6.07 Å². The van der Waals surface area contributed by atoms with Gasteiger partial charge in [0.25, 0.3) is 11.8 Å². The maximum Gasteiger partial charge on any atom is 0.319 e. The summed E-state index contributed by atoms with van der Waals surface area (Å²) in [6.45, 7) is 10.9. The number of halogens is 2. The lowest BCUT2D eigenvalue weighted by Gasteiger charge is -2.35. The third kappa shape index (κ3) is 5.84. The standard InChI is InChI=1S/C26H35F2N3O3/c1-17-21(24(33)29-19-9-7-8-18(14-19)26(5,27)28)15-22(25(2,3)4)31(17)20-10-12-30(13-11-20)16-23(32)34-6/h7-9,14-15,20H,10-13,16H2,1-6H3,(H,29,33). The number of alkyl halides is 2. The molecule has 186 valence electrons. The first kappa shape index (κ1) is 25.9. The molecule has 2 aromatic rings. The number of amides is 1. The summed E-state index contributed by atoms with van der Waals surface area (Å²) in [5, 5.41) is 2.80. The molecule has 0 atom stereocenters. The van der Waals surface area contributed by atoms with Crippen molar-refractivity contribution in [3.8, 4) is 0 Å². The molecule has 1 aromatic carbocycles. The van der Waals surface area contributed by atoms with Crippen LogP contribution in [-0.4, -0.2) is 48.1 Å². The lowest BCUT2D eigenvalue weighted by atomic mass is 9.91. The van der Waals surface area contributed by atoms with Crippen molar-refractivity contribution in [2.24, 2.45) is 0 Å². The second kappa shape index (κ2) is 9.86. The summed E-state index contributed by atoms with van der Waals surface area (Å²) in [6, 6.07) is 7.91. The van der Waals surface area contributed by atoms with Crippen molar-refractivity contribution in [1.29, 1.82) is 0 Å². The lowest BCUT2D eigenvalue weighted by molar-refractivity contribution is -0.142. The van der Waals surface area contributed by atoms with Gasteiger partial charge in [0, 0.05) is 54.1 Å². The number of nitrogens with zero attached hydrogens (tertiary/aromatic N) is 2. The lowest BCUT2D eigenvalue weighted by Crippen LogP contribution is -2.39. The van der Waals surface area contributed by atoms with Gasteiger partial charge >= 0.3 is 5.97 Å². The fraction of sp³-hybridized carbons (Fsp3) is 0.538. The zero-order valence-corrected chi connectivity index (χ0v) is 20.9. The normalized spacial score (nSPS) is 15.9. The van der Waals surface area contributed by atoms with Gasteiger partial charge in [-0.3, -0.25) is 14.5 Å². The molecular weight excluding hydrogens is 440 g/mol. The van der Waals surface area contributed by atoms with E-state index >= 15 is 0 Å². The number of hydrogen-bond acceptors (Lipinski definition) is 4. The van der Waals surface area contributed by atoms with Gasteiger partial charge in [0.2, 0.25) is 0 Å². The average molecular weight is 476 g/mol. The Labute approximate surface area is 200 Å². The summed E-state index contributed by atoms with van der Waals surface area (Å²) in [5.41, 5.74) is 2.44. The number of ether oxygens (including phenoxy) is 1. The van der Waals surface area contributed by atoms with Gasteiger partial charge in [0.1, 0.15) is 0 Å². The first-order valence-electron chi connectivity index (χ1n) is 11.6. The van der Waals surface area contributed by atoms with Gasteiger partial charge in [-0.2, -0.15) is 0 Å². The fourth-order valence-corrected chi connectivity index (χ4v) is 4.55. The van der Waals surface area contributed by atoms with Crippen LogP contribution in [0.4, 0.5) is 14.5 Å². The number of esters is 1. The molecule has 2 heterocycles. The smallest absolute Gasteiger partial charge is 0.319 e. The first-order valence-corrected chi connectivity index (χ1v) is 11.6. The minimum Gasteiger partial charge on any atom is -0.468 e. The van der Waals surface area contributed by atoms with Crippen LogP contribution in [0.1, 0.15) is 73.9 Å². The Kier molecular flexibility index (Phi) is 7.50. The number of likely N-dealkylation sites (tertiary alicyclic amines) is 1. The van der Waals surface area contributed by atoms with E-state index in [0.29, 0.717) is 11.3 Å². The fourth-order valence-electron chi connectivity index (χ4n) is 4.55. The van der Waals surface area contributed by atoms with Gasteiger partial charge in [-0.05, 0) is 38.0 Å². The molecule has 0 aliphatic carbocycles. The molecule has 0 bridgehead atoms. The maximum atomic E-state index is 13.7. The second-order valence-electron chi connectivity index (χ2n) is 10.2. The number of methoxy groups -OCH3 is 1. The van der Waals surface area contributed by atoms with Crippen LogP contribution in [0.3, 0.4) is 0 Å². The van der Waals surface area contributed by atoms with E-state index in [1.807, 2.05) is 13.0 Å². The third-order valence-electron chi connectivity index (χ3n) is 6.43. The Morgan fingerprint density at radius 3 is 2.32 bits per heavy atom. The van der Waals surface area contributed by atoms with Crippen LogP contribution in [0, 0.1) is 6.92 Å². The van der Waals surface area contributed by atoms with E-state index in [4.69, 9.17) is 4.74 Å². The number of hydrogen-bond donors (Lipinski definition) is 1. The first-order chi connectivity index (χ1) is 15.8. The van der Waals surface area contributed by atoms with E-state index in [0.717, 1.165) is 44.2 Å². The van der Waals surface area contributed by atoms with Gasteiger partial charge in [-0.25, -0.2) is 8.78 Å². The number of carbonyl (C=O) groups is 2. The van der Waals surface area contributed by atoms with Crippen molar-refractivity contribution >= 4 is 17.6 Å². The van der Waals surface area contributed by atoms with Crippen LogP contribution in [-0.2, 0) is 20.9 Å². The molecular formula is C26H35F2N3O3. The number of nitrogens with one attached hydrogen (secondary N) is 1. The Balaban J connectivity index is 1.85. The average Bonchev–Trinajstić information content (AvgIpc) is 3.11. The van der Waals surface area contributed by atoms with Crippen LogP contribution < -0.4 is 5.32 Å². The molecule has 3 rings (SSSR count). The molecule has 0 spiro atoms. The highest BCUT2D eigenvalue weighted by Crippen LogP contribution is 2.35. The van der Waals surface area contributed by atoms with Crippen LogP contribution in [0.2, 0.25) is 0 Å². The molecule has 1 N–H and O–H groups in total. The molecule has 1 amide bonds. The van der Waals surface area contributed by atoms with E-state index in [9.17, 15) is 18.4 Å². The van der Waals surface area contributed by atoms with E-state index in [-0.39, 0.29) is 35.4 Å². The van der Waals surface area contributed by atoms with E-state index in [2.05, 4.69) is 35.6 Å². The Bertz CT molecular complexity index is 1040. The molecule has 1 aromatic heterocycles. The van der Waals surface area contributed by atoms with Crippen LogP contribution in [0.25, 0.3) is 0 Å². The van der Waals surface area contributed by atoms with Crippen molar-refractivity contribution in [1.82, 2.24) is 9.47 Å². The number of aromatic nitrogens is 1. The summed E-state index contributed by atoms with van der Waals surface area (Å²) < 4.78 is 34.5. The maximum absolute atomic E-state index is 13.7. The summed E-state index contributed by atoms with van der Waals surface area (Å²) in [4.78, 5) is 26.9. The molecule has 1 aliphatic heterocycles. The summed E-state index contributed by atoms with van der Waals surface area (Å²) in [6.07, 6.45) is 1.70. The minimum atomic E-state index is -2.98. The number of piperidine rings is 1. The van der Waals surface area contributed by atoms with Crippen molar-refractivity contribution in [3.05, 3.63) is 52.8 Å². The number of carbonyl (C=O) groups excluding carboxylic acids is 2. The van der Waals surface area contributed by atoms with Crippen molar-refractivity contribution in [2.45, 2.75) is 64.8 Å². The topological polar surface area (TPSA) is 63.6 Å². The van der Waals surface area contributed by atoms with Gasteiger partial charge in [-0.15, -0.1) is 0 Å². The van der Waals surface area contributed by atoms with Crippen molar-refractivity contribution in [2.75, 3.05) is 32.1 Å². The molecule has 1 saturated heterocycles. The highest BCUT2D eigenvalue weighted by molar-refractivity contribution is 6.05. The van der Waals surface area contributed by atoms with Crippen molar-refractivity contribution in [3.63, 3.8) is 0 Å². The second-order valence-corrected chi connectivity index (χ2v) is 10.2. The molecule has 1 aliphatic rings. The summed E-state index contributed by atoms with van der Waals surface area (Å²) >= 11 is 0. The van der Waals surface area contributed by atoms with Gasteiger partial charge in [0.05, 0.1) is 19.2 Å². The predicted molar refractivity (Wildman–Crippen MR) is 129 cm³/mol. The Morgan fingerprint density at radius 1 is 1.12 bits per heavy atom. The molecule has 0 saturated carbocycles. The molecule has 0 radical (unpaired) electrons. The Morgan fingerprint density at radius 2 is 1.76 bits per heavy atom. The molecule has 34 heavy (non-hydrogen) atoms. The predicted octanol–water partition coefficient (Wildman–Crippen LogP) is 5.27. The van der Waals surface area contributed by atoms with Crippen LogP contribution in [0.15, 0.2) is 30.3 Å². The molecule has 0 unspecified atom stereocenters. The molecule has 8 heteroatoms. The summed E-state index contributed by atoms with van der Waals surface area (Å²) in [7, 11) is 1.39. The highest BCUT2D eigenvalue weighted by Gasteiger charge is 2.31. The molecule has 6 nitrogen and oxygen atoms in total. The largest absolute Gasteiger partial charge is 0.468 e. The summed E-state index contributed by atoms with van der Waals surface area (Å²) in [5.74, 6) is -3.54. The van der Waals surface area contributed by atoms with Crippen LogP contribution in [0.5, 0.6) is 0 Å². The zero-order chi connectivity index (χ0) is 25.3. The Hall–Kier alpha value is -2.74. The van der Waals surface area contributed by atoms with Crippen molar-refractivity contribution < 1.29 is 23.1 Å². The SMILES string of the molecule is COC(=O)CN1CCC(n2c(C(C)(C)C)cc(C(=O)Nc3cccc(C(C)(F)F)c3)c2C)CC1.